The molecule has 0 bridgehead atoms. The van der Waals surface area contributed by atoms with Gasteiger partial charge in [-0.05, 0) is 42.9 Å². The molecule has 150 valence electrons. The standard InChI is InChI=1S/C21H24N6O2/c28-16-10-21(13-27(12-16)20(29)15-2-1-6-22-11-15)4-8-26(9-5-21)19-17-3-7-23-18(17)24-14-25-19/h1-3,6-7,11,14,16,28H,4-5,8-10,12-13H2,(H,23,24,25). The Balaban J connectivity index is 1.33. The number of rotatable bonds is 2. The third kappa shape index (κ3) is 3.33. The number of anilines is 1. The van der Waals surface area contributed by atoms with Crippen molar-refractivity contribution in [2.24, 2.45) is 5.41 Å². The summed E-state index contributed by atoms with van der Waals surface area (Å²) in [5, 5.41) is 11.6. The van der Waals surface area contributed by atoms with Gasteiger partial charge in [-0.15, -0.1) is 0 Å². The molecule has 1 spiro atoms. The zero-order chi connectivity index (χ0) is 19.8. The number of amides is 1. The number of nitrogens with zero attached hydrogens (tertiary/aromatic N) is 5. The molecular formula is C21H24N6O2. The number of pyridine rings is 1. The number of aromatic amines is 1. The van der Waals surface area contributed by atoms with Crippen LogP contribution < -0.4 is 4.90 Å². The number of likely N-dealkylation sites (tertiary alicyclic amines) is 1. The summed E-state index contributed by atoms with van der Waals surface area (Å²) in [5.74, 6) is 0.897. The van der Waals surface area contributed by atoms with Crippen LogP contribution >= 0.6 is 0 Å². The predicted molar refractivity (Wildman–Crippen MR) is 109 cm³/mol. The monoisotopic (exact) mass is 392 g/mol. The SMILES string of the molecule is O=C(c1cccnc1)N1CC(O)CC2(CCN(c3ncnc4[nH]ccc34)CC2)C1. The zero-order valence-corrected chi connectivity index (χ0v) is 16.2. The summed E-state index contributed by atoms with van der Waals surface area (Å²) < 4.78 is 0. The van der Waals surface area contributed by atoms with E-state index in [9.17, 15) is 9.90 Å². The summed E-state index contributed by atoms with van der Waals surface area (Å²) in [6, 6.07) is 5.56. The van der Waals surface area contributed by atoms with E-state index in [4.69, 9.17) is 0 Å². The Kier molecular flexibility index (Phi) is 4.43. The van der Waals surface area contributed by atoms with Crippen LogP contribution in [0.1, 0.15) is 29.6 Å². The molecule has 0 saturated carbocycles. The van der Waals surface area contributed by atoms with Crippen LogP contribution in [0.2, 0.25) is 0 Å². The van der Waals surface area contributed by atoms with Gasteiger partial charge in [-0.2, -0.15) is 0 Å². The molecule has 2 aliphatic rings. The van der Waals surface area contributed by atoms with Crippen LogP contribution in [0.25, 0.3) is 11.0 Å². The number of nitrogens with one attached hydrogen (secondary N) is 1. The highest BCUT2D eigenvalue weighted by molar-refractivity contribution is 5.94. The largest absolute Gasteiger partial charge is 0.391 e. The van der Waals surface area contributed by atoms with Gasteiger partial charge in [-0.1, -0.05) is 0 Å². The maximum absolute atomic E-state index is 12.9. The number of aliphatic hydroxyl groups excluding tert-OH is 1. The lowest BCUT2D eigenvalue weighted by Crippen LogP contribution is -2.55. The maximum atomic E-state index is 12.9. The van der Waals surface area contributed by atoms with Crippen LogP contribution in [0, 0.1) is 5.41 Å². The van der Waals surface area contributed by atoms with Gasteiger partial charge >= 0.3 is 0 Å². The number of aromatic nitrogens is 4. The van der Waals surface area contributed by atoms with Crippen molar-refractivity contribution in [3.05, 3.63) is 48.7 Å². The molecule has 8 heteroatoms. The van der Waals surface area contributed by atoms with E-state index in [2.05, 4.69) is 24.8 Å². The molecule has 1 atom stereocenters. The van der Waals surface area contributed by atoms with E-state index >= 15 is 0 Å². The van der Waals surface area contributed by atoms with Crippen molar-refractivity contribution < 1.29 is 9.90 Å². The van der Waals surface area contributed by atoms with E-state index in [1.807, 2.05) is 12.3 Å². The van der Waals surface area contributed by atoms with E-state index < -0.39 is 6.10 Å². The van der Waals surface area contributed by atoms with E-state index in [-0.39, 0.29) is 11.3 Å². The van der Waals surface area contributed by atoms with Gasteiger partial charge < -0.3 is 19.9 Å². The quantitative estimate of drug-likeness (QED) is 0.691. The maximum Gasteiger partial charge on any atom is 0.255 e. The second kappa shape index (κ2) is 7.11. The van der Waals surface area contributed by atoms with Crippen LogP contribution in [0.4, 0.5) is 5.82 Å². The van der Waals surface area contributed by atoms with Gasteiger partial charge in [0.1, 0.15) is 17.8 Å². The van der Waals surface area contributed by atoms with E-state index in [0.29, 0.717) is 18.7 Å². The highest BCUT2D eigenvalue weighted by Crippen LogP contribution is 2.41. The topological polar surface area (TPSA) is 98.2 Å². The predicted octanol–water partition coefficient (Wildman–Crippen LogP) is 1.85. The Morgan fingerprint density at radius 1 is 1.24 bits per heavy atom. The summed E-state index contributed by atoms with van der Waals surface area (Å²) in [4.78, 5) is 33.0. The molecule has 0 aliphatic carbocycles. The summed E-state index contributed by atoms with van der Waals surface area (Å²) in [7, 11) is 0. The summed E-state index contributed by atoms with van der Waals surface area (Å²) in [6.45, 7) is 2.75. The number of carbonyl (C=O) groups is 1. The Morgan fingerprint density at radius 3 is 2.90 bits per heavy atom. The molecule has 2 fully saturated rings. The molecule has 8 nitrogen and oxygen atoms in total. The molecule has 0 aromatic carbocycles. The molecule has 3 aromatic rings. The van der Waals surface area contributed by atoms with Gasteiger partial charge in [0.15, 0.2) is 0 Å². The molecule has 2 saturated heterocycles. The van der Waals surface area contributed by atoms with Crippen LogP contribution in [0.3, 0.4) is 0 Å². The first-order valence-corrected chi connectivity index (χ1v) is 10.0. The Bertz CT molecular complexity index is 1010. The fourth-order valence-corrected chi connectivity index (χ4v) is 4.85. The molecular weight excluding hydrogens is 368 g/mol. The van der Waals surface area contributed by atoms with Crippen LogP contribution in [-0.2, 0) is 0 Å². The number of hydrogen-bond donors (Lipinski definition) is 2. The van der Waals surface area contributed by atoms with Gasteiger partial charge in [0.25, 0.3) is 5.91 Å². The third-order valence-corrected chi connectivity index (χ3v) is 6.28. The highest BCUT2D eigenvalue weighted by atomic mass is 16.3. The number of aliphatic hydroxyl groups is 1. The molecule has 1 amide bonds. The number of fused-ring (bicyclic) bond motifs is 1. The van der Waals surface area contributed by atoms with E-state index in [0.717, 1.165) is 49.2 Å². The molecule has 2 aliphatic heterocycles. The Morgan fingerprint density at radius 2 is 2.10 bits per heavy atom. The second-order valence-corrected chi connectivity index (χ2v) is 8.21. The van der Waals surface area contributed by atoms with Crippen molar-refractivity contribution in [2.45, 2.75) is 25.4 Å². The molecule has 5 heterocycles. The second-order valence-electron chi connectivity index (χ2n) is 8.21. The fourth-order valence-electron chi connectivity index (χ4n) is 4.85. The number of hydrogen-bond acceptors (Lipinski definition) is 6. The van der Waals surface area contributed by atoms with E-state index in [1.54, 1.807) is 35.8 Å². The number of H-pyrrole nitrogens is 1. The Hall–Kier alpha value is -3.00. The van der Waals surface area contributed by atoms with Crippen molar-refractivity contribution in [3.63, 3.8) is 0 Å². The van der Waals surface area contributed by atoms with Gasteiger partial charge in [-0.25, -0.2) is 9.97 Å². The first-order chi connectivity index (χ1) is 14.1. The molecule has 2 N–H and O–H groups in total. The van der Waals surface area contributed by atoms with Crippen LogP contribution in [0.5, 0.6) is 0 Å². The molecule has 0 radical (unpaired) electrons. The number of carbonyl (C=O) groups excluding carboxylic acids is 1. The molecule has 1 unspecified atom stereocenters. The first-order valence-electron chi connectivity index (χ1n) is 10.0. The fraction of sp³-hybridized carbons (Fsp3) is 0.429. The normalized spacial score (nSPS) is 21.6. The lowest BCUT2D eigenvalue weighted by Gasteiger charge is -2.49. The smallest absolute Gasteiger partial charge is 0.255 e. The van der Waals surface area contributed by atoms with Crippen LogP contribution in [0.15, 0.2) is 43.1 Å². The van der Waals surface area contributed by atoms with Gasteiger partial charge in [-0.3, -0.25) is 9.78 Å². The average Bonchev–Trinajstić information content (AvgIpc) is 3.23. The van der Waals surface area contributed by atoms with Gasteiger partial charge in [0.2, 0.25) is 0 Å². The van der Waals surface area contributed by atoms with Gasteiger partial charge in [0.05, 0.1) is 17.1 Å². The number of β-amino-alcohol motifs (C(OH)–C–C–N with tert-alkyl or cyclic N) is 1. The molecule has 29 heavy (non-hydrogen) atoms. The lowest BCUT2D eigenvalue weighted by atomic mass is 9.71. The minimum absolute atomic E-state index is 0.0523. The minimum Gasteiger partial charge on any atom is -0.391 e. The third-order valence-electron chi connectivity index (χ3n) is 6.28. The first kappa shape index (κ1) is 18.1. The van der Waals surface area contributed by atoms with Gasteiger partial charge in [0, 0.05) is 44.8 Å². The summed E-state index contributed by atoms with van der Waals surface area (Å²) in [6.07, 6.45) is 8.80. The summed E-state index contributed by atoms with van der Waals surface area (Å²) in [5.41, 5.74) is 1.36. The summed E-state index contributed by atoms with van der Waals surface area (Å²) >= 11 is 0. The molecule has 5 rings (SSSR count). The van der Waals surface area contributed by atoms with Crippen LogP contribution in [-0.4, -0.2) is 68.1 Å². The Labute approximate surface area is 168 Å². The minimum atomic E-state index is -0.494. The van der Waals surface area contributed by atoms with E-state index in [1.165, 1.54) is 0 Å². The molecule has 3 aromatic heterocycles. The average molecular weight is 392 g/mol. The van der Waals surface area contributed by atoms with Crippen molar-refractivity contribution in [2.75, 3.05) is 31.1 Å². The number of piperidine rings is 2. The van der Waals surface area contributed by atoms with Crippen molar-refractivity contribution >= 4 is 22.8 Å². The van der Waals surface area contributed by atoms with Crippen molar-refractivity contribution in [1.82, 2.24) is 24.8 Å². The van der Waals surface area contributed by atoms with Crippen molar-refractivity contribution in [3.8, 4) is 0 Å². The highest BCUT2D eigenvalue weighted by Gasteiger charge is 2.43. The zero-order valence-electron chi connectivity index (χ0n) is 16.2. The lowest BCUT2D eigenvalue weighted by molar-refractivity contribution is -0.0150. The van der Waals surface area contributed by atoms with Crippen molar-refractivity contribution in [1.29, 1.82) is 0 Å².